The molecule has 5 amide bonds. The third-order valence-corrected chi connectivity index (χ3v) is 6.12. The zero-order valence-corrected chi connectivity index (χ0v) is 18.2. The van der Waals surface area contributed by atoms with Gasteiger partial charge >= 0.3 is 6.03 Å². The number of urea groups is 1. The Morgan fingerprint density at radius 3 is 2.24 bits per heavy atom. The maximum Gasteiger partial charge on any atom is 0.325 e. The van der Waals surface area contributed by atoms with Crippen molar-refractivity contribution in [3.05, 3.63) is 96.1 Å². The molecule has 3 aromatic rings. The molecule has 1 saturated heterocycles. The van der Waals surface area contributed by atoms with Crippen LogP contribution < -0.4 is 15.5 Å². The number of benzene rings is 3. The molecule has 170 valence electrons. The van der Waals surface area contributed by atoms with Gasteiger partial charge in [0, 0.05) is 6.42 Å². The summed E-state index contributed by atoms with van der Waals surface area (Å²) in [4.78, 5) is 54.4. The molecule has 0 unspecified atom stereocenters. The number of anilines is 2. The lowest BCUT2D eigenvalue weighted by atomic mass is 9.83. The predicted molar refractivity (Wildman–Crippen MR) is 126 cm³/mol. The summed E-state index contributed by atoms with van der Waals surface area (Å²) in [5.74, 6) is -1.36. The van der Waals surface area contributed by atoms with Crippen LogP contribution in [0.15, 0.2) is 84.9 Å². The van der Waals surface area contributed by atoms with Crippen LogP contribution in [0.5, 0.6) is 0 Å². The minimum absolute atomic E-state index is 0.187. The largest absolute Gasteiger partial charge is 0.325 e. The number of nitrogens with one attached hydrogen (secondary N) is 2. The van der Waals surface area contributed by atoms with E-state index in [1.165, 1.54) is 4.90 Å². The molecule has 34 heavy (non-hydrogen) atoms. The molecule has 8 heteroatoms. The van der Waals surface area contributed by atoms with Crippen molar-refractivity contribution < 1.29 is 19.2 Å². The minimum atomic E-state index is -1.34. The summed E-state index contributed by atoms with van der Waals surface area (Å²) >= 11 is 0. The van der Waals surface area contributed by atoms with Crippen molar-refractivity contribution in [2.45, 2.75) is 12.0 Å². The van der Waals surface area contributed by atoms with Crippen LogP contribution in [0.1, 0.15) is 11.1 Å². The standard InChI is InChI=1S/C26H22N4O4/c31-22-16-29(21-14-8-7-13-20(21)27-22)23(32)17-30-24(33)26(28-25(30)34,19-11-5-2-6-12-19)15-18-9-3-1-4-10-18/h1-14H,15-17H2,(H,27,31)(H,28,34)/t26-/m1/s1. The summed E-state index contributed by atoms with van der Waals surface area (Å²) in [5.41, 5.74) is 1.20. The third-order valence-electron chi connectivity index (χ3n) is 6.12. The van der Waals surface area contributed by atoms with Crippen LogP contribution >= 0.6 is 0 Å². The van der Waals surface area contributed by atoms with Crippen molar-refractivity contribution in [3.63, 3.8) is 0 Å². The lowest BCUT2D eigenvalue weighted by molar-refractivity contribution is -0.134. The SMILES string of the molecule is O=C1CN(C(=O)CN2C(=O)N[C@](Cc3ccccc3)(c3ccccc3)C2=O)c2ccccc2N1. The first kappa shape index (κ1) is 21.4. The van der Waals surface area contributed by atoms with E-state index in [-0.39, 0.29) is 18.9 Å². The first-order valence-electron chi connectivity index (χ1n) is 10.9. The van der Waals surface area contributed by atoms with Crippen LogP contribution in [0.4, 0.5) is 16.2 Å². The maximum atomic E-state index is 13.8. The number of para-hydroxylation sites is 2. The van der Waals surface area contributed by atoms with E-state index in [9.17, 15) is 19.2 Å². The number of carbonyl (C=O) groups is 4. The monoisotopic (exact) mass is 454 g/mol. The second-order valence-corrected chi connectivity index (χ2v) is 8.30. The second-order valence-electron chi connectivity index (χ2n) is 8.30. The van der Waals surface area contributed by atoms with Gasteiger partial charge in [-0.2, -0.15) is 0 Å². The average molecular weight is 454 g/mol. The average Bonchev–Trinajstić information content (AvgIpc) is 3.09. The van der Waals surface area contributed by atoms with E-state index in [2.05, 4.69) is 10.6 Å². The molecule has 2 aliphatic rings. The molecule has 0 saturated carbocycles. The Kier molecular flexibility index (Phi) is 5.33. The molecule has 0 radical (unpaired) electrons. The summed E-state index contributed by atoms with van der Waals surface area (Å²) in [7, 11) is 0. The third kappa shape index (κ3) is 3.69. The summed E-state index contributed by atoms with van der Waals surface area (Å²) in [5, 5.41) is 5.58. The van der Waals surface area contributed by atoms with Crippen molar-refractivity contribution in [2.24, 2.45) is 0 Å². The van der Waals surface area contributed by atoms with Gasteiger partial charge in [-0.3, -0.25) is 24.2 Å². The first-order chi connectivity index (χ1) is 16.5. The highest BCUT2D eigenvalue weighted by Crippen LogP contribution is 2.34. The van der Waals surface area contributed by atoms with Crippen molar-refractivity contribution in [1.29, 1.82) is 0 Å². The van der Waals surface area contributed by atoms with Gasteiger partial charge in [0.15, 0.2) is 5.54 Å². The van der Waals surface area contributed by atoms with E-state index < -0.39 is 29.9 Å². The molecule has 5 rings (SSSR count). The lowest BCUT2D eigenvalue weighted by Gasteiger charge is -2.30. The molecule has 1 atom stereocenters. The van der Waals surface area contributed by atoms with Crippen LogP contribution in [0.2, 0.25) is 0 Å². The molecule has 3 aromatic carbocycles. The molecule has 0 bridgehead atoms. The number of imide groups is 1. The molecule has 2 N–H and O–H groups in total. The van der Waals surface area contributed by atoms with Crippen molar-refractivity contribution >= 4 is 35.1 Å². The van der Waals surface area contributed by atoms with Crippen LogP contribution in [0, 0.1) is 0 Å². The van der Waals surface area contributed by atoms with Crippen molar-refractivity contribution in [1.82, 2.24) is 10.2 Å². The summed E-state index contributed by atoms with van der Waals surface area (Å²) in [6.45, 7) is -0.664. The Morgan fingerprint density at radius 2 is 1.50 bits per heavy atom. The lowest BCUT2D eigenvalue weighted by Crippen LogP contribution is -2.49. The zero-order chi connectivity index (χ0) is 23.7. The first-order valence-corrected chi connectivity index (χ1v) is 10.9. The van der Waals surface area contributed by atoms with E-state index in [4.69, 9.17) is 0 Å². The molecule has 0 aromatic heterocycles. The van der Waals surface area contributed by atoms with E-state index >= 15 is 0 Å². The van der Waals surface area contributed by atoms with Gasteiger partial charge in [0.25, 0.3) is 5.91 Å². The fraction of sp³-hybridized carbons (Fsp3) is 0.154. The minimum Gasteiger partial charge on any atom is -0.323 e. The molecule has 0 spiro atoms. The smallest absolute Gasteiger partial charge is 0.323 e. The number of hydrogen-bond donors (Lipinski definition) is 2. The fourth-order valence-corrected chi connectivity index (χ4v) is 4.49. The Hall–Kier alpha value is -4.46. The molecule has 2 heterocycles. The number of carbonyl (C=O) groups excluding carboxylic acids is 4. The van der Waals surface area contributed by atoms with Gasteiger partial charge in [0.05, 0.1) is 11.4 Å². The van der Waals surface area contributed by atoms with Gasteiger partial charge in [0.2, 0.25) is 11.8 Å². The fourth-order valence-electron chi connectivity index (χ4n) is 4.49. The predicted octanol–water partition coefficient (Wildman–Crippen LogP) is 2.66. The molecule has 2 aliphatic heterocycles. The number of hydrogen-bond acceptors (Lipinski definition) is 4. The van der Waals surface area contributed by atoms with Crippen molar-refractivity contribution in [3.8, 4) is 0 Å². The van der Waals surface area contributed by atoms with Crippen molar-refractivity contribution in [2.75, 3.05) is 23.3 Å². The maximum absolute atomic E-state index is 13.8. The topological polar surface area (TPSA) is 98.8 Å². The van der Waals surface area contributed by atoms with Crippen LogP contribution in [-0.2, 0) is 26.3 Å². The number of nitrogens with zero attached hydrogens (tertiary/aromatic N) is 2. The van der Waals surface area contributed by atoms with E-state index in [1.807, 2.05) is 36.4 Å². The van der Waals surface area contributed by atoms with E-state index in [0.29, 0.717) is 16.9 Å². The highest BCUT2D eigenvalue weighted by Gasteiger charge is 2.53. The van der Waals surface area contributed by atoms with Gasteiger partial charge in [-0.15, -0.1) is 0 Å². The summed E-state index contributed by atoms with van der Waals surface area (Å²) < 4.78 is 0. The quantitative estimate of drug-likeness (QED) is 0.579. The van der Waals surface area contributed by atoms with Gasteiger partial charge in [0.1, 0.15) is 13.1 Å². The van der Waals surface area contributed by atoms with Crippen LogP contribution in [0.25, 0.3) is 0 Å². The number of rotatable bonds is 5. The normalized spacial score (nSPS) is 19.5. The van der Waals surface area contributed by atoms with E-state index in [0.717, 1.165) is 10.5 Å². The second kappa shape index (κ2) is 8.47. The zero-order valence-electron chi connectivity index (χ0n) is 18.2. The van der Waals surface area contributed by atoms with Crippen LogP contribution in [0.3, 0.4) is 0 Å². The van der Waals surface area contributed by atoms with Gasteiger partial charge < -0.3 is 10.6 Å². The van der Waals surface area contributed by atoms with Gasteiger partial charge in [-0.1, -0.05) is 72.8 Å². The number of amides is 5. The van der Waals surface area contributed by atoms with Gasteiger partial charge in [-0.25, -0.2) is 4.79 Å². The number of fused-ring (bicyclic) bond motifs is 1. The summed E-state index contributed by atoms with van der Waals surface area (Å²) in [6.07, 6.45) is 0.238. The summed E-state index contributed by atoms with van der Waals surface area (Å²) in [6, 6.07) is 24.7. The Bertz CT molecular complexity index is 1280. The van der Waals surface area contributed by atoms with E-state index in [1.54, 1.807) is 48.5 Å². The van der Waals surface area contributed by atoms with Crippen LogP contribution in [-0.4, -0.2) is 41.7 Å². The molecule has 0 aliphatic carbocycles. The molecule has 8 nitrogen and oxygen atoms in total. The Balaban J connectivity index is 1.46. The van der Waals surface area contributed by atoms with Gasteiger partial charge in [-0.05, 0) is 23.3 Å². The Labute approximate surface area is 196 Å². The molecular weight excluding hydrogens is 432 g/mol. The molecular formula is C26H22N4O4. The Morgan fingerprint density at radius 1 is 0.853 bits per heavy atom. The molecule has 1 fully saturated rings. The highest BCUT2D eigenvalue weighted by molar-refractivity contribution is 6.14. The highest BCUT2D eigenvalue weighted by atomic mass is 16.2.